The molecule has 0 fully saturated rings. The molecule has 0 saturated heterocycles. The normalized spacial score (nSPS) is 11.9. The fraction of sp³-hybridized carbons (Fsp3) is 0. The summed E-state index contributed by atoms with van der Waals surface area (Å²) in [5, 5.41) is 12.0. The van der Waals surface area contributed by atoms with Crippen LogP contribution in [0.3, 0.4) is 0 Å². The van der Waals surface area contributed by atoms with E-state index in [1.165, 1.54) is 0 Å². The van der Waals surface area contributed by atoms with Crippen molar-refractivity contribution in [2.45, 2.75) is 0 Å². The van der Waals surface area contributed by atoms with Gasteiger partial charge in [0.2, 0.25) is 0 Å². The van der Waals surface area contributed by atoms with E-state index in [9.17, 15) is 10.1 Å². The van der Waals surface area contributed by atoms with Gasteiger partial charge in [-0.25, -0.2) is 0 Å². The lowest BCUT2D eigenvalue weighted by Gasteiger charge is -2.02. The zero-order valence-corrected chi connectivity index (χ0v) is 8.42. The minimum atomic E-state index is -0.764. The van der Waals surface area contributed by atoms with Crippen LogP contribution in [0.1, 0.15) is 0 Å². The second-order valence-electron chi connectivity index (χ2n) is 2.35. The van der Waals surface area contributed by atoms with Gasteiger partial charge in [-0.1, -0.05) is 29.8 Å². The van der Waals surface area contributed by atoms with E-state index in [2.05, 4.69) is 5.32 Å². The van der Waals surface area contributed by atoms with Crippen LogP contribution in [0.2, 0.25) is 0 Å². The number of nitro groups is 1. The molecule has 14 heavy (non-hydrogen) atoms. The molecule has 0 aliphatic rings. The first-order valence-corrected chi connectivity index (χ1v) is 4.38. The number of hydrogen-bond donors (Lipinski definition) is 1. The van der Waals surface area contributed by atoms with Crippen LogP contribution >= 0.6 is 23.2 Å². The van der Waals surface area contributed by atoms with Gasteiger partial charge >= 0.3 is 5.16 Å². The average Bonchev–Trinajstić information content (AvgIpc) is 2.18. The summed E-state index contributed by atoms with van der Waals surface area (Å²) in [5.41, 5.74) is 0.637. The maximum Gasteiger partial charge on any atom is 0.372 e. The molecule has 1 N–H and O–H groups in total. The first-order chi connectivity index (χ1) is 6.61. The molecule has 0 saturated carbocycles. The Hall–Kier alpha value is -1.26. The first-order valence-electron chi connectivity index (χ1n) is 3.63. The van der Waals surface area contributed by atoms with Crippen molar-refractivity contribution in [2.24, 2.45) is 0 Å². The topological polar surface area (TPSA) is 55.2 Å². The van der Waals surface area contributed by atoms with E-state index < -0.39 is 10.1 Å². The maximum atomic E-state index is 10.2. The van der Waals surface area contributed by atoms with Crippen LogP contribution in [-0.2, 0) is 0 Å². The van der Waals surface area contributed by atoms with Crippen LogP contribution in [0, 0.1) is 10.1 Å². The van der Waals surface area contributed by atoms with Gasteiger partial charge in [-0.2, -0.15) is 0 Å². The zero-order valence-electron chi connectivity index (χ0n) is 6.91. The molecule has 4 nitrogen and oxygen atoms in total. The molecule has 1 rings (SSSR count). The Morgan fingerprint density at radius 3 is 2.36 bits per heavy atom. The Balaban J connectivity index is 2.80. The van der Waals surface area contributed by atoms with Crippen molar-refractivity contribution in [3.05, 3.63) is 50.8 Å². The summed E-state index contributed by atoms with van der Waals surface area (Å²) in [5.74, 6) is 0. The van der Waals surface area contributed by atoms with Gasteiger partial charge in [0.05, 0.1) is 4.92 Å². The minimum absolute atomic E-state index is 0.206. The fourth-order valence-electron chi connectivity index (χ4n) is 0.780. The van der Waals surface area contributed by atoms with E-state index in [0.717, 1.165) is 0 Å². The maximum absolute atomic E-state index is 10.2. The smallest absolute Gasteiger partial charge is 0.340 e. The van der Waals surface area contributed by atoms with Crippen LogP contribution in [0.5, 0.6) is 0 Å². The van der Waals surface area contributed by atoms with E-state index in [-0.39, 0.29) is 5.16 Å². The van der Waals surface area contributed by atoms with Crippen LogP contribution in [0.15, 0.2) is 40.6 Å². The highest BCUT2D eigenvalue weighted by molar-refractivity contribution is 6.38. The molecule has 0 aliphatic heterocycles. The molecule has 0 heterocycles. The summed E-state index contributed by atoms with van der Waals surface area (Å²) in [7, 11) is 0. The third kappa shape index (κ3) is 2.90. The summed E-state index contributed by atoms with van der Waals surface area (Å²) < 4.78 is 0. The molecule has 0 bridgehead atoms. The second-order valence-corrected chi connectivity index (χ2v) is 3.09. The van der Waals surface area contributed by atoms with Crippen molar-refractivity contribution in [3.8, 4) is 0 Å². The Kier molecular flexibility index (Phi) is 3.73. The zero-order chi connectivity index (χ0) is 10.6. The largest absolute Gasteiger partial charge is 0.372 e. The Morgan fingerprint density at radius 2 is 1.86 bits per heavy atom. The number of anilines is 1. The van der Waals surface area contributed by atoms with E-state index in [4.69, 9.17) is 23.2 Å². The monoisotopic (exact) mass is 232 g/mol. The number of benzene rings is 1. The number of rotatable bonds is 3. The van der Waals surface area contributed by atoms with E-state index >= 15 is 0 Å². The molecule has 0 spiro atoms. The molecular weight excluding hydrogens is 227 g/mol. The molecule has 0 radical (unpaired) electrons. The number of nitrogens with zero attached hydrogens (tertiary/aromatic N) is 1. The molecule has 1 aromatic carbocycles. The molecule has 0 atom stereocenters. The molecular formula is C8H6Cl2N2O2. The van der Waals surface area contributed by atoms with Gasteiger partial charge in [0.1, 0.15) is 0 Å². The van der Waals surface area contributed by atoms with Gasteiger partial charge in [0.25, 0.3) is 0 Å². The van der Waals surface area contributed by atoms with Crippen LogP contribution in [0.25, 0.3) is 0 Å². The third-order valence-electron chi connectivity index (χ3n) is 1.37. The van der Waals surface area contributed by atoms with Gasteiger partial charge in [-0.15, -0.1) is 0 Å². The van der Waals surface area contributed by atoms with E-state index in [1.54, 1.807) is 24.3 Å². The van der Waals surface area contributed by atoms with Crippen molar-refractivity contribution in [2.75, 3.05) is 5.32 Å². The minimum Gasteiger partial charge on any atom is -0.340 e. The molecule has 0 aliphatic carbocycles. The highest BCUT2D eigenvalue weighted by Gasteiger charge is 2.13. The lowest BCUT2D eigenvalue weighted by molar-refractivity contribution is -0.412. The highest BCUT2D eigenvalue weighted by Crippen LogP contribution is 2.17. The van der Waals surface area contributed by atoms with Gasteiger partial charge in [-0.3, -0.25) is 10.1 Å². The lowest BCUT2D eigenvalue weighted by atomic mass is 10.3. The number of hydrogen-bond acceptors (Lipinski definition) is 3. The number of nitrogens with one attached hydrogen (secondary N) is 1. The lowest BCUT2D eigenvalue weighted by Crippen LogP contribution is -2.01. The van der Waals surface area contributed by atoms with Gasteiger partial charge in [0.15, 0.2) is 5.16 Å². The molecule has 0 amide bonds. The quantitative estimate of drug-likeness (QED) is 0.496. The Bertz CT molecular complexity index is 365. The standard InChI is InChI=1S/C8H6Cl2N2O2/c9-7(8(10)12(13)14)11-6-4-2-1-3-5-6/h1-5,11H/b8-7-. The SMILES string of the molecule is O=[N+]([O-])/C(Cl)=C(/Cl)Nc1ccccc1. The summed E-state index contributed by atoms with van der Waals surface area (Å²) in [6.07, 6.45) is 0. The summed E-state index contributed by atoms with van der Waals surface area (Å²) in [4.78, 5) is 9.46. The number of para-hydroxylation sites is 1. The third-order valence-corrected chi connectivity index (χ3v) is 2.07. The van der Waals surface area contributed by atoms with Crippen molar-refractivity contribution < 1.29 is 4.92 Å². The van der Waals surface area contributed by atoms with Gasteiger partial charge in [0, 0.05) is 5.69 Å². The first kappa shape index (κ1) is 10.8. The van der Waals surface area contributed by atoms with Crippen LogP contribution in [-0.4, -0.2) is 4.92 Å². The van der Waals surface area contributed by atoms with Gasteiger partial charge in [-0.05, 0) is 23.7 Å². The summed E-state index contributed by atoms with van der Waals surface area (Å²) >= 11 is 10.9. The summed E-state index contributed by atoms with van der Waals surface area (Å²) in [6, 6.07) is 8.79. The highest BCUT2D eigenvalue weighted by atomic mass is 35.5. The van der Waals surface area contributed by atoms with Crippen LogP contribution < -0.4 is 5.32 Å². The fourth-order valence-corrected chi connectivity index (χ4v) is 1.01. The van der Waals surface area contributed by atoms with Crippen molar-refractivity contribution >= 4 is 28.9 Å². The molecule has 1 aromatic rings. The molecule has 0 aromatic heterocycles. The second kappa shape index (κ2) is 4.83. The number of halogens is 2. The molecule has 74 valence electrons. The van der Waals surface area contributed by atoms with Crippen molar-refractivity contribution in [1.29, 1.82) is 0 Å². The van der Waals surface area contributed by atoms with Crippen LogP contribution in [0.4, 0.5) is 5.69 Å². The Morgan fingerprint density at radius 1 is 1.29 bits per heavy atom. The van der Waals surface area contributed by atoms with Crippen molar-refractivity contribution in [1.82, 2.24) is 0 Å². The van der Waals surface area contributed by atoms with E-state index in [0.29, 0.717) is 5.69 Å². The predicted octanol–water partition coefficient (Wildman–Crippen LogP) is 2.98. The molecule has 0 unspecified atom stereocenters. The van der Waals surface area contributed by atoms with Gasteiger partial charge < -0.3 is 5.32 Å². The Labute approximate surface area is 90.3 Å². The average molecular weight is 233 g/mol. The predicted molar refractivity (Wildman–Crippen MR) is 55.8 cm³/mol. The summed E-state index contributed by atoms with van der Waals surface area (Å²) in [6.45, 7) is 0. The van der Waals surface area contributed by atoms with Crippen molar-refractivity contribution in [3.63, 3.8) is 0 Å². The molecule has 6 heteroatoms. The van der Waals surface area contributed by atoms with E-state index in [1.807, 2.05) is 6.07 Å².